The second kappa shape index (κ2) is 6.61. The Hall–Kier alpha value is -1.90. The summed E-state index contributed by atoms with van der Waals surface area (Å²) in [6, 6.07) is 4.47. The molecule has 1 heterocycles. The molecular formula is C18H22ClN3O4S. The average Bonchev–Trinajstić information content (AvgIpc) is 3.20. The third-order valence-electron chi connectivity index (χ3n) is 4.08. The van der Waals surface area contributed by atoms with Crippen LogP contribution in [-0.4, -0.2) is 30.6 Å². The van der Waals surface area contributed by atoms with Gasteiger partial charge in [0.15, 0.2) is 0 Å². The normalized spacial score (nSPS) is 16.2. The number of ether oxygens (including phenoxy) is 1. The fourth-order valence-corrected chi connectivity index (χ4v) is 4.36. The minimum absolute atomic E-state index is 0.0718. The molecule has 0 saturated heterocycles. The first-order chi connectivity index (χ1) is 12.4. The molecule has 3 rings (SSSR count). The summed E-state index contributed by atoms with van der Waals surface area (Å²) < 4.78 is 33.1. The van der Waals surface area contributed by atoms with Gasteiger partial charge in [0.2, 0.25) is 10.0 Å². The maximum atomic E-state index is 12.6. The van der Waals surface area contributed by atoms with Crippen LogP contribution in [0.3, 0.4) is 0 Å². The van der Waals surface area contributed by atoms with E-state index in [0.717, 1.165) is 12.8 Å². The van der Waals surface area contributed by atoms with E-state index in [0.29, 0.717) is 10.8 Å². The van der Waals surface area contributed by atoms with Crippen molar-refractivity contribution in [3.8, 4) is 0 Å². The van der Waals surface area contributed by atoms with Gasteiger partial charge in [0.25, 0.3) is 0 Å². The molecule has 1 aromatic carbocycles. The third kappa shape index (κ3) is 4.88. The molecule has 1 aromatic heterocycles. The number of carbonyl (C=O) groups excluding carboxylic acids is 1. The van der Waals surface area contributed by atoms with Crippen LogP contribution in [0.25, 0.3) is 10.8 Å². The van der Waals surface area contributed by atoms with E-state index >= 15 is 0 Å². The molecule has 0 aliphatic heterocycles. The minimum atomic E-state index is -3.70. The highest BCUT2D eigenvalue weighted by atomic mass is 35.5. The topological polar surface area (TPSA) is 97.4 Å². The molecule has 1 aliphatic carbocycles. The third-order valence-corrected chi connectivity index (χ3v) is 6.01. The van der Waals surface area contributed by atoms with Crippen molar-refractivity contribution in [2.45, 2.75) is 56.6 Å². The van der Waals surface area contributed by atoms with E-state index in [4.69, 9.17) is 16.3 Å². The summed E-state index contributed by atoms with van der Waals surface area (Å²) >= 11 is 6.26. The van der Waals surface area contributed by atoms with Crippen molar-refractivity contribution in [3.05, 3.63) is 29.4 Å². The van der Waals surface area contributed by atoms with E-state index < -0.39 is 21.7 Å². The quantitative estimate of drug-likeness (QED) is 0.790. The molecule has 1 fully saturated rings. The van der Waals surface area contributed by atoms with Gasteiger partial charge in [0.1, 0.15) is 11.4 Å². The monoisotopic (exact) mass is 411 g/mol. The largest absolute Gasteiger partial charge is 0.444 e. The SMILES string of the molecule is CC1(NS(=O)(=O)c2cc(Cl)c3cnc(NC(=O)OC(C)(C)C)cc3c2)CC1. The fourth-order valence-electron chi connectivity index (χ4n) is 2.49. The van der Waals surface area contributed by atoms with Crippen molar-refractivity contribution >= 4 is 44.3 Å². The number of sulfonamides is 1. The lowest BCUT2D eigenvalue weighted by Crippen LogP contribution is -2.34. The number of amides is 1. The molecule has 2 aromatic rings. The molecule has 1 saturated carbocycles. The number of aromatic nitrogens is 1. The Morgan fingerprint density at radius 1 is 1.26 bits per heavy atom. The van der Waals surface area contributed by atoms with Crippen molar-refractivity contribution in [2.75, 3.05) is 5.32 Å². The van der Waals surface area contributed by atoms with Crippen LogP contribution in [-0.2, 0) is 14.8 Å². The summed E-state index contributed by atoms with van der Waals surface area (Å²) in [5, 5.41) is 3.94. The standard InChI is InChI=1S/C18H22ClN3O4S/c1-17(2,3)26-16(23)21-15-8-11-7-12(9-14(19)13(11)10-20-15)27(24,25)22-18(4)5-6-18/h7-10,22H,5-6H2,1-4H3,(H,20,21,23). The predicted octanol–water partition coefficient (Wildman–Crippen LogP) is 4.07. The van der Waals surface area contributed by atoms with E-state index in [-0.39, 0.29) is 21.3 Å². The van der Waals surface area contributed by atoms with Crippen molar-refractivity contribution in [3.63, 3.8) is 0 Å². The van der Waals surface area contributed by atoms with Gasteiger partial charge in [-0.05, 0) is 64.1 Å². The van der Waals surface area contributed by atoms with E-state index in [1.807, 2.05) is 6.92 Å². The second-order valence-corrected chi connectivity index (χ2v) is 10.1. The molecule has 1 amide bonds. The van der Waals surface area contributed by atoms with Gasteiger partial charge in [-0.2, -0.15) is 0 Å². The van der Waals surface area contributed by atoms with Gasteiger partial charge in [-0.3, -0.25) is 5.32 Å². The van der Waals surface area contributed by atoms with Gasteiger partial charge in [-0.25, -0.2) is 22.9 Å². The van der Waals surface area contributed by atoms with Gasteiger partial charge in [0, 0.05) is 17.1 Å². The minimum Gasteiger partial charge on any atom is -0.444 e. The van der Waals surface area contributed by atoms with Crippen molar-refractivity contribution in [1.29, 1.82) is 0 Å². The van der Waals surface area contributed by atoms with Crippen LogP contribution in [0.5, 0.6) is 0 Å². The first-order valence-corrected chi connectivity index (χ1v) is 10.4. The Kier molecular flexibility index (Phi) is 4.86. The molecule has 0 bridgehead atoms. The number of hydrogen-bond donors (Lipinski definition) is 2. The molecule has 7 nitrogen and oxygen atoms in total. The number of anilines is 1. The van der Waals surface area contributed by atoms with Gasteiger partial charge in [-0.15, -0.1) is 0 Å². The molecule has 0 radical (unpaired) electrons. The van der Waals surface area contributed by atoms with Crippen LogP contribution in [0.2, 0.25) is 5.02 Å². The van der Waals surface area contributed by atoms with Crippen LogP contribution in [0.1, 0.15) is 40.5 Å². The Bertz CT molecular complexity index is 1010. The number of nitrogens with zero attached hydrogens (tertiary/aromatic N) is 1. The van der Waals surface area contributed by atoms with Gasteiger partial charge in [0.05, 0.1) is 9.92 Å². The zero-order valence-electron chi connectivity index (χ0n) is 15.6. The first kappa shape index (κ1) is 19.9. The zero-order valence-corrected chi connectivity index (χ0v) is 17.2. The fraction of sp³-hybridized carbons (Fsp3) is 0.444. The van der Waals surface area contributed by atoms with E-state index in [1.54, 1.807) is 26.8 Å². The summed E-state index contributed by atoms with van der Waals surface area (Å²) in [5.74, 6) is 0.240. The highest BCUT2D eigenvalue weighted by Gasteiger charge is 2.41. The number of hydrogen-bond acceptors (Lipinski definition) is 5. The highest BCUT2D eigenvalue weighted by Crippen LogP contribution is 2.37. The van der Waals surface area contributed by atoms with Gasteiger partial charge >= 0.3 is 6.09 Å². The summed E-state index contributed by atoms with van der Waals surface area (Å²) in [5.41, 5.74) is -1.03. The molecular weight excluding hydrogens is 390 g/mol. The molecule has 2 N–H and O–H groups in total. The van der Waals surface area contributed by atoms with Gasteiger partial charge in [-0.1, -0.05) is 11.6 Å². The molecule has 9 heteroatoms. The summed E-state index contributed by atoms with van der Waals surface area (Å²) in [6.45, 7) is 7.13. The molecule has 0 atom stereocenters. The number of halogens is 1. The van der Waals surface area contributed by atoms with E-state index in [9.17, 15) is 13.2 Å². The van der Waals surface area contributed by atoms with E-state index in [2.05, 4.69) is 15.0 Å². The lowest BCUT2D eigenvalue weighted by molar-refractivity contribution is 0.0635. The van der Waals surface area contributed by atoms with Crippen molar-refractivity contribution in [2.24, 2.45) is 0 Å². The van der Waals surface area contributed by atoms with Crippen LogP contribution in [0.4, 0.5) is 10.6 Å². The van der Waals surface area contributed by atoms with Gasteiger partial charge < -0.3 is 4.74 Å². The smallest absolute Gasteiger partial charge is 0.413 e. The Balaban J connectivity index is 1.92. The molecule has 0 spiro atoms. The maximum absolute atomic E-state index is 12.6. The predicted molar refractivity (Wildman–Crippen MR) is 105 cm³/mol. The van der Waals surface area contributed by atoms with Crippen LogP contribution in [0, 0.1) is 0 Å². The number of nitrogens with one attached hydrogen (secondary N) is 2. The van der Waals surface area contributed by atoms with Crippen molar-refractivity contribution in [1.82, 2.24) is 9.71 Å². The summed E-state index contributed by atoms with van der Waals surface area (Å²) in [6.07, 6.45) is 2.45. The lowest BCUT2D eigenvalue weighted by Gasteiger charge is -2.19. The Morgan fingerprint density at radius 2 is 1.93 bits per heavy atom. The Morgan fingerprint density at radius 3 is 2.52 bits per heavy atom. The van der Waals surface area contributed by atoms with E-state index in [1.165, 1.54) is 18.3 Å². The number of fused-ring (bicyclic) bond motifs is 1. The number of rotatable bonds is 4. The zero-order chi connectivity index (χ0) is 20.0. The number of benzene rings is 1. The molecule has 1 aliphatic rings. The van der Waals surface area contributed by atoms with Crippen LogP contribution >= 0.6 is 11.6 Å². The lowest BCUT2D eigenvalue weighted by atomic mass is 10.2. The second-order valence-electron chi connectivity index (χ2n) is 7.99. The number of pyridine rings is 1. The summed E-state index contributed by atoms with van der Waals surface area (Å²) in [7, 11) is -3.70. The Labute approximate surface area is 163 Å². The number of carbonyl (C=O) groups is 1. The average molecular weight is 412 g/mol. The van der Waals surface area contributed by atoms with Crippen molar-refractivity contribution < 1.29 is 17.9 Å². The maximum Gasteiger partial charge on any atom is 0.413 e. The van der Waals surface area contributed by atoms with Crippen LogP contribution in [0.15, 0.2) is 29.3 Å². The molecule has 0 unspecified atom stereocenters. The van der Waals surface area contributed by atoms with Crippen LogP contribution < -0.4 is 10.0 Å². The molecule has 146 valence electrons. The molecule has 27 heavy (non-hydrogen) atoms. The summed E-state index contributed by atoms with van der Waals surface area (Å²) in [4.78, 5) is 16.1. The first-order valence-electron chi connectivity index (χ1n) is 8.50. The highest BCUT2D eigenvalue weighted by molar-refractivity contribution is 7.89.